The lowest BCUT2D eigenvalue weighted by Gasteiger charge is -2.06. The summed E-state index contributed by atoms with van der Waals surface area (Å²) in [6.07, 6.45) is 0.827. The molecule has 11 heteroatoms. The molecule has 0 saturated carbocycles. The Hall–Kier alpha value is -3.47. The summed E-state index contributed by atoms with van der Waals surface area (Å²) in [6, 6.07) is 18.6. The molecule has 0 aliphatic heterocycles. The molecule has 0 atom stereocenters. The fourth-order valence-electron chi connectivity index (χ4n) is 2.92. The first-order chi connectivity index (χ1) is 14.1. The Balaban J connectivity index is 1.40. The third-order valence-corrected chi connectivity index (χ3v) is 5.88. The van der Waals surface area contributed by atoms with Crippen molar-refractivity contribution in [3.05, 3.63) is 72.3 Å². The summed E-state index contributed by atoms with van der Waals surface area (Å²) in [6.45, 7) is 0. The van der Waals surface area contributed by atoms with E-state index in [4.69, 9.17) is 0 Å². The van der Waals surface area contributed by atoms with Crippen LogP contribution < -0.4 is 0 Å². The van der Waals surface area contributed by atoms with Gasteiger partial charge in [-0.3, -0.25) is 0 Å². The van der Waals surface area contributed by atoms with Gasteiger partial charge in [0.25, 0.3) is 0 Å². The zero-order valence-electron chi connectivity index (χ0n) is 15.4. The number of nitrogens with zero attached hydrogens (tertiary/aromatic N) is 8. The molecule has 2 aromatic carbocycles. The molecule has 4 rings (SSSR count). The number of sulfone groups is 1. The number of benzene rings is 2. The van der Waals surface area contributed by atoms with Gasteiger partial charge in [0.15, 0.2) is 21.5 Å². The zero-order chi connectivity index (χ0) is 20.1. The predicted octanol–water partition coefficient (Wildman–Crippen LogP) is 1.19. The molecule has 0 unspecified atom stereocenters. The van der Waals surface area contributed by atoms with E-state index >= 15 is 0 Å². The lowest BCUT2D eigenvalue weighted by atomic mass is 10.3. The van der Waals surface area contributed by atoms with Gasteiger partial charge in [-0.15, -0.1) is 10.2 Å². The molecular weight excluding hydrogens is 392 g/mol. The molecule has 0 spiro atoms. The van der Waals surface area contributed by atoms with Crippen LogP contribution >= 0.6 is 0 Å². The van der Waals surface area contributed by atoms with Crippen molar-refractivity contribution in [3.63, 3.8) is 0 Å². The van der Waals surface area contributed by atoms with Crippen molar-refractivity contribution in [2.75, 3.05) is 5.75 Å². The lowest BCUT2D eigenvalue weighted by Crippen LogP contribution is -2.15. The second-order valence-electron chi connectivity index (χ2n) is 6.38. The van der Waals surface area contributed by atoms with E-state index < -0.39 is 9.84 Å². The van der Waals surface area contributed by atoms with Crippen LogP contribution in [0.5, 0.6) is 0 Å². The summed E-state index contributed by atoms with van der Waals surface area (Å²) >= 11 is 0. The number of para-hydroxylation sites is 2. The van der Waals surface area contributed by atoms with Crippen LogP contribution in [0.15, 0.2) is 60.7 Å². The Morgan fingerprint density at radius 2 is 1.24 bits per heavy atom. The van der Waals surface area contributed by atoms with Crippen LogP contribution in [0.2, 0.25) is 0 Å². The molecule has 4 aromatic rings. The minimum Gasteiger partial charge on any atom is -0.228 e. The van der Waals surface area contributed by atoms with Gasteiger partial charge in [0.1, 0.15) is 5.75 Å². The van der Waals surface area contributed by atoms with Gasteiger partial charge < -0.3 is 0 Å². The van der Waals surface area contributed by atoms with Gasteiger partial charge in [-0.2, -0.15) is 9.36 Å². The molecule has 148 valence electrons. The first-order valence-corrected chi connectivity index (χ1v) is 10.8. The highest BCUT2D eigenvalue weighted by molar-refractivity contribution is 7.90. The average Bonchev–Trinajstić information content (AvgIpc) is 3.38. The van der Waals surface area contributed by atoms with Crippen LogP contribution in [-0.4, -0.2) is 54.6 Å². The predicted molar refractivity (Wildman–Crippen MR) is 104 cm³/mol. The van der Waals surface area contributed by atoms with Crippen LogP contribution in [0, 0.1) is 0 Å². The zero-order valence-corrected chi connectivity index (χ0v) is 16.2. The van der Waals surface area contributed by atoms with E-state index in [0.29, 0.717) is 24.4 Å². The summed E-state index contributed by atoms with van der Waals surface area (Å²) in [5.74, 6) is 0.639. The smallest absolute Gasteiger partial charge is 0.171 e. The summed E-state index contributed by atoms with van der Waals surface area (Å²) in [4.78, 5) is 0. The van der Waals surface area contributed by atoms with Crippen LogP contribution in [0.4, 0.5) is 0 Å². The van der Waals surface area contributed by atoms with E-state index in [2.05, 4.69) is 31.1 Å². The van der Waals surface area contributed by atoms with Gasteiger partial charge in [-0.05, 0) is 51.5 Å². The molecule has 0 fully saturated rings. The number of tetrazole rings is 2. The fourth-order valence-corrected chi connectivity index (χ4v) is 4.22. The van der Waals surface area contributed by atoms with Gasteiger partial charge in [0.05, 0.1) is 17.1 Å². The minimum atomic E-state index is -3.41. The maximum Gasteiger partial charge on any atom is 0.171 e. The third kappa shape index (κ3) is 4.51. The molecule has 29 heavy (non-hydrogen) atoms. The van der Waals surface area contributed by atoms with E-state index in [1.807, 2.05) is 60.7 Å². The summed E-state index contributed by atoms with van der Waals surface area (Å²) < 4.78 is 28.2. The largest absolute Gasteiger partial charge is 0.228 e. The second kappa shape index (κ2) is 8.27. The molecule has 10 nitrogen and oxygen atoms in total. The molecule has 0 bridgehead atoms. The van der Waals surface area contributed by atoms with Gasteiger partial charge in [-0.25, -0.2) is 8.42 Å². The van der Waals surface area contributed by atoms with Crippen molar-refractivity contribution in [1.82, 2.24) is 40.4 Å². The van der Waals surface area contributed by atoms with Crippen molar-refractivity contribution in [2.24, 2.45) is 0 Å². The number of aromatic nitrogens is 8. The highest BCUT2D eigenvalue weighted by Crippen LogP contribution is 2.12. The van der Waals surface area contributed by atoms with E-state index in [-0.39, 0.29) is 17.3 Å². The first kappa shape index (κ1) is 18.9. The minimum absolute atomic E-state index is 0.0176. The average molecular weight is 410 g/mol. The van der Waals surface area contributed by atoms with Crippen LogP contribution in [0.25, 0.3) is 11.4 Å². The standard InChI is InChI=1S/C18H18N8O2S/c27-29(28,14-18-20-22-24-26(18)16-10-5-2-6-11-16)13-7-12-17-19-21-23-25(17)15-8-3-1-4-9-15/h1-6,8-11H,7,12-14H2. The first-order valence-electron chi connectivity index (χ1n) is 8.98. The number of hydrogen-bond acceptors (Lipinski definition) is 8. The van der Waals surface area contributed by atoms with E-state index in [1.54, 1.807) is 4.68 Å². The molecule has 2 heterocycles. The monoisotopic (exact) mass is 410 g/mol. The fraction of sp³-hybridized carbons (Fsp3) is 0.222. The Morgan fingerprint density at radius 3 is 1.83 bits per heavy atom. The van der Waals surface area contributed by atoms with Gasteiger partial charge >= 0.3 is 0 Å². The normalized spacial score (nSPS) is 11.6. The Bertz CT molecular complexity index is 1170. The SMILES string of the molecule is O=S(=O)(CCCc1nnnn1-c1ccccc1)Cc1nnnn1-c1ccccc1. The van der Waals surface area contributed by atoms with Crippen LogP contribution in [-0.2, 0) is 22.0 Å². The third-order valence-electron chi connectivity index (χ3n) is 4.27. The van der Waals surface area contributed by atoms with Crippen LogP contribution in [0.1, 0.15) is 18.1 Å². The molecular formula is C18H18N8O2S. The maximum absolute atomic E-state index is 12.6. The molecule has 0 aliphatic carbocycles. The van der Waals surface area contributed by atoms with Gasteiger partial charge in [0.2, 0.25) is 0 Å². The van der Waals surface area contributed by atoms with Gasteiger partial charge in [-0.1, -0.05) is 36.4 Å². The van der Waals surface area contributed by atoms with Crippen molar-refractivity contribution in [3.8, 4) is 11.4 Å². The van der Waals surface area contributed by atoms with E-state index in [0.717, 1.165) is 5.69 Å². The molecule has 0 amide bonds. The van der Waals surface area contributed by atoms with Crippen LogP contribution in [0.3, 0.4) is 0 Å². The molecule has 0 aliphatic rings. The Labute approximate surface area is 167 Å². The van der Waals surface area contributed by atoms with Crippen molar-refractivity contribution in [1.29, 1.82) is 0 Å². The van der Waals surface area contributed by atoms with Gasteiger partial charge in [0, 0.05) is 6.42 Å². The Kier molecular flexibility index (Phi) is 5.38. The molecule has 2 aromatic heterocycles. The quantitative estimate of drug-likeness (QED) is 0.424. The maximum atomic E-state index is 12.6. The lowest BCUT2D eigenvalue weighted by molar-refractivity contribution is 0.589. The Morgan fingerprint density at radius 1 is 0.724 bits per heavy atom. The molecule has 0 radical (unpaired) electrons. The number of aryl methyl sites for hydroxylation is 1. The highest BCUT2D eigenvalue weighted by atomic mass is 32.2. The topological polar surface area (TPSA) is 121 Å². The van der Waals surface area contributed by atoms with E-state index in [1.165, 1.54) is 4.68 Å². The summed E-state index contributed by atoms with van der Waals surface area (Å²) in [5, 5.41) is 23.1. The van der Waals surface area contributed by atoms with E-state index in [9.17, 15) is 8.42 Å². The second-order valence-corrected chi connectivity index (χ2v) is 8.56. The molecule has 0 saturated heterocycles. The van der Waals surface area contributed by atoms with Crippen molar-refractivity contribution >= 4 is 9.84 Å². The van der Waals surface area contributed by atoms with Crippen molar-refractivity contribution < 1.29 is 8.42 Å². The van der Waals surface area contributed by atoms with Crippen molar-refractivity contribution in [2.45, 2.75) is 18.6 Å². The highest BCUT2D eigenvalue weighted by Gasteiger charge is 2.19. The number of rotatable bonds is 8. The number of hydrogen-bond donors (Lipinski definition) is 0. The summed E-state index contributed by atoms with van der Waals surface area (Å²) in [5.41, 5.74) is 1.54. The molecule has 0 N–H and O–H groups in total. The summed E-state index contributed by atoms with van der Waals surface area (Å²) in [7, 11) is -3.41.